The summed E-state index contributed by atoms with van der Waals surface area (Å²) in [5.41, 5.74) is 0. The van der Waals surface area contributed by atoms with Crippen LogP contribution >= 0.6 is 27.7 Å². The Morgan fingerprint density at radius 1 is 1.45 bits per heavy atom. The van der Waals surface area contributed by atoms with Crippen molar-refractivity contribution in [2.45, 2.75) is 18.6 Å². The number of aromatic nitrogens is 2. The van der Waals surface area contributed by atoms with E-state index >= 15 is 0 Å². The normalized spacial score (nSPS) is 11.7. The molecule has 2 aromatic heterocycles. The summed E-state index contributed by atoms with van der Waals surface area (Å²) in [7, 11) is 3.66. The highest BCUT2D eigenvalue weighted by atomic mass is 79.9. The number of hydrogen-bond acceptors (Lipinski definition) is 7. The molecular formula is C13H14BrN3O4S. The molecule has 2 heterocycles. The van der Waals surface area contributed by atoms with Gasteiger partial charge in [-0.2, -0.15) is 0 Å². The van der Waals surface area contributed by atoms with E-state index in [1.165, 1.54) is 6.08 Å². The van der Waals surface area contributed by atoms with Crippen molar-refractivity contribution >= 4 is 45.6 Å². The van der Waals surface area contributed by atoms with Crippen LogP contribution in [0.2, 0.25) is 0 Å². The number of carboxylic acid groups (broad SMARTS) is 1. The number of carboxylic acids is 1. The van der Waals surface area contributed by atoms with Gasteiger partial charge in [0.15, 0.2) is 0 Å². The molecule has 9 heteroatoms. The monoisotopic (exact) mass is 387 g/mol. The molecule has 22 heavy (non-hydrogen) atoms. The molecule has 0 atom stereocenters. The van der Waals surface area contributed by atoms with Gasteiger partial charge in [-0.15, -0.1) is 10.2 Å². The van der Waals surface area contributed by atoms with Gasteiger partial charge in [0, 0.05) is 32.7 Å². The number of rotatable bonds is 6. The summed E-state index contributed by atoms with van der Waals surface area (Å²) in [6, 6.07) is 1.70. The lowest BCUT2D eigenvalue weighted by molar-refractivity contribution is -0.131. The van der Waals surface area contributed by atoms with Crippen molar-refractivity contribution in [2.24, 2.45) is 0 Å². The maximum absolute atomic E-state index is 11.4. The number of furan rings is 1. The standard InChI is InChI=1S/C13H14BrN3O4S/c1-4-10-15-16-13(21-10)22-9(12(18)19)6-7-5-8(14)11(20-7)17(2)3/h5-6H,4H2,1-3H3,(H,18,19)/b9-6-. The van der Waals surface area contributed by atoms with E-state index in [1.807, 2.05) is 21.0 Å². The first-order valence-corrected chi connectivity index (χ1v) is 7.93. The van der Waals surface area contributed by atoms with E-state index in [9.17, 15) is 9.90 Å². The summed E-state index contributed by atoms with van der Waals surface area (Å²) >= 11 is 4.25. The van der Waals surface area contributed by atoms with Crippen molar-refractivity contribution in [3.63, 3.8) is 0 Å². The van der Waals surface area contributed by atoms with Crippen LogP contribution < -0.4 is 4.90 Å². The lowest BCUT2D eigenvalue weighted by Gasteiger charge is -2.07. The van der Waals surface area contributed by atoms with Gasteiger partial charge in [-0.1, -0.05) is 6.92 Å². The molecular weight excluding hydrogens is 374 g/mol. The van der Waals surface area contributed by atoms with Gasteiger partial charge in [0.25, 0.3) is 5.22 Å². The van der Waals surface area contributed by atoms with Crippen molar-refractivity contribution in [2.75, 3.05) is 19.0 Å². The maximum atomic E-state index is 11.4. The Labute approximate surface area is 139 Å². The molecule has 2 rings (SSSR count). The smallest absolute Gasteiger partial charge is 0.342 e. The molecule has 0 aliphatic carbocycles. The van der Waals surface area contributed by atoms with Gasteiger partial charge in [0.05, 0.1) is 4.47 Å². The number of aliphatic carboxylic acids is 1. The third-order valence-electron chi connectivity index (χ3n) is 2.53. The van der Waals surface area contributed by atoms with Crippen LogP contribution in [-0.2, 0) is 11.2 Å². The quantitative estimate of drug-likeness (QED) is 0.596. The molecule has 0 bridgehead atoms. The Kier molecular flexibility index (Phi) is 5.30. The van der Waals surface area contributed by atoms with E-state index in [-0.39, 0.29) is 10.1 Å². The molecule has 0 aromatic carbocycles. The van der Waals surface area contributed by atoms with Crippen LogP contribution in [0.15, 0.2) is 29.5 Å². The highest BCUT2D eigenvalue weighted by molar-refractivity contribution is 9.10. The predicted molar refractivity (Wildman–Crippen MR) is 85.9 cm³/mol. The largest absolute Gasteiger partial charge is 0.477 e. The summed E-state index contributed by atoms with van der Waals surface area (Å²) < 4.78 is 11.6. The highest BCUT2D eigenvalue weighted by Crippen LogP contribution is 2.33. The fourth-order valence-corrected chi connectivity index (χ4v) is 2.86. The van der Waals surface area contributed by atoms with Crippen molar-refractivity contribution in [1.82, 2.24) is 10.2 Å². The SMILES string of the molecule is CCc1nnc(S/C(=C\c2cc(Br)c(N(C)C)o2)C(=O)O)o1. The molecule has 0 aliphatic rings. The average Bonchev–Trinajstić information content (AvgIpc) is 3.04. The number of thioether (sulfide) groups is 1. The Morgan fingerprint density at radius 2 is 2.18 bits per heavy atom. The van der Waals surface area contributed by atoms with E-state index in [4.69, 9.17) is 8.83 Å². The molecule has 0 saturated heterocycles. The Hall–Kier alpha value is -1.74. The third kappa shape index (κ3) is 3.92. The van der Waals surface area contributed by atoms with Crippen molar-refractivity contribution in [3.05, 3.63) is 27.1 Å². The number of halogens is 1. The van der Waals surface area contributed by atoms with Crippen LogP contribution in [0.1, 0.15) is 18.6 Å². The Balaban J connectivity index is 2.27. The molecule has 0 aliphatic heterocycles. The maximum Gasteiger partial charge on any atom is 0.342 e. The van der Waals surface area contributed by atoms with Crippen molar-refractivity contribution in [3.8, 4) is 0 Å². The molecule has 0 unspecified atom stereocenters. The molecule has 1 N–H and O–H groups in total. The number of aryl methyl sites for hydroxylation is 1. The molecule has 0 amide bonds. The Morgan fingerprint density at radius 3 is 2.68 bits per heavy atom. The molecule has 0 saturated carbocycles. The second-order valence-corrected chi connectivity index (χ2v) is 6.27. The first-order valence-electron chi connectivity index (χ1n) is 6.32. The number of nitrogens with zero attached hydrogens (tertiary/aromatic N) is 3. The van der Waals surface area contributed by atoms with Gasteiger partial charge in [-0.05, 0) is 27.7 Å². The van der Waals surface area contributed by atoms with Crippen LogP contribution in [0.5, 0.6) is 0 Å². The number of hydrogen-bond donors (Lipinski definition) is 1. The van der Waals surface area contributed by atoms with Gasteiger partial charge in [-0.25, -0.2) is 4.79 Å². The van der Waals surface area contributed by atoms with Gasteiger partial charge in [0.1, 0.15) is 10.7 Å². The zero-order chi connectivity index (χ0) is 16.3. The second-order valence-electron chi connectivity index (χ2n) is 4.43. The summed E-state index contributed by atoms with van der Waals surface area (Å²) in [4.78, 5) is 13.2. The zero-order valence-corrected chi connectivity index (χ0v) is 14.6. The van der Waals surface area contributed by atoms with E-state index in [0.29, 0.717) is 24.0 Å². The minimum atomic E-state index is -1.10. The average molecular weight is 388 g/mol. The van der Waals surface area contributed by atoms with E-state index in [2.05, 4.69) is 26.1 Å². The van der Waals surface area contributed by atoms with E-state index in [1.54, 1.807) is 11.0 Å². The first kappa shape index (κ1) is 16.6. The third-order valence-corrected chi connectivity index (χ3v) is 3.95. The summed E-state index contributed by atoms with van der Waals surface area (Å²) in [6.07, 6.45) is 2.01. The predicted octanol–water partition coefficient (Wildman–Crippen LogP) is 3.27. The lowest BCUT2D eigenvalue weighted by Crippen LogP contribution is -2.07. The molecule has 118 valence electrons. The topological polar surface area (TPSA) is 92.6 Å². The molecule has 0 radical (unpaired) electrons. The summed E-state index contributed by atoms with van der Waals surface area (Å²) in [5, 5.41) is 17.1. The highest BCUT2D eigenvalue weighted by Gasteiger charge is 2.17. The fraction of sp³-hybridized carbons (Fsp3) is 0.308. The van der Waals surface area contributed by atoms with E-state index < -0.39 is 5.97 Å². The second kappa shape index (κ2) is 7.01. The molecule has 0 fully saturated rings. The van der Waals surface area contributed by atoms with Crippen LogP contribution in [0.4, 0.5) is 5.88 Å². The van der Waals surface area contributed by atoms with Crippen molar-refractivity contribution < 1.29 is 18.7 Å². The lowest BCUT2D eigenvalue weighted by atomic mass is 10.4. The Bertz CT molecular complexity index is 708. The summed E-state index contributed by atoms with van der Waals surface area (Å²) in [6.45, 7) is 1.87. The minimum absolute atomic E-state index is 0.0258. The molecule has 0 spiro atoms. The molecule has 7 nitrogen and oxygen atoms in total. The zero-order valence-electron chi connectivity index (χ0n) is 12.2. The van der Waals surface area contributed by atoms with Gasteiger partial charge in [0.2, 0.25) is 11.8 Å². The number of carbonyl (C=O) groups is 1. The van der Waals surface area contributed by atoms with E-state index in [0.717, 1.165) is 16.2 Å². The van der Waals surface area contributed by atoms with Crippen LogP contribution in [0.3, 0.4) is 0 Å². The molecule has 2 aromatic rings. The first-order chi connectivity index (χ1) is 10.4. The number of anilines is 1. The van der Waals surface area contributed by atoms with Crippen LogP contribution in [-0.4, -0.2) is 35.4 Å². The minimum Gasteiger partial charge on any atom is -0.477 e. The van der Waals surface area contributed by atoms with Crippen LogP contribution in [0.25, 0.3) is 6.08 Å². The van der Waals surface area contributed by atoms with Gasteiger partial charge >= 0.3 is 5.97 Å². The van der Waals surface area contributed by atoms with Crippen LogP contribution in [0, 0.1) is 0 Å². The van der Waals surface area contributed by atoms with Gasteiger partial charge < -0.3 is 18.8 Å². The fourth-order valence-electron chi connectivity index (χ4n) is 1.53. The van der Waals surface area contributed by atoms with Gasteiger partial charge in [-0.3, -0.25) is 0 Å². The van der Waals surface area contributed by atoms with Crippen molar-refractivity contribution in [1.29, 1.82) is 0 Å². The summed E-state index contributed by atoms with van der Waals surface area (Å²) in [5.74, 6) is 0.380.